The van der Waals surface area contributed by atoms with Crippen molar-refractivity contribution in [2.75, 3.05) is 26.8 Å². The highest BCUT2D eigenvalue weighted by Gasteiger charge is 2.36. The molecule has 5 nitrogen and oxygen atoms in total. The topological polar surface area (TPSA) is 47.4 Å². The zero-order chi connectivity index (χ0) is 15.3. The molecule has 114 valence electrons. The first-order valence-corrected chi connectivity index (χ1v) is 7.27. The van der Waals surface area contributed by atoms with Crippen LogP contribution in [0.4, 0.5) is 0 Å². The van der Waals surface area contributed by atoms with E-state index in [2.05, 4.69) is 10.00 Å². The lowest BCUT2D eigenvalue weighted by Gasteiger charge is -2.35. The Morgan fingerprint density at radius 3 is 2.55 bits per heavy atom. The Bertz CT molecular complexity index is 453. The van der Waals surface area contributed by atoms with Gasteiger partial charge in [0.15, 0.2) is 0 Å². The van der Waals surface area contributed by atoms with Crippen LogP contribution < -0.4 is 0 Å². The highest BCUT2D eigenvalue weighted by molar-refractivity contribution is 6.34. The molecule has 1 aromatic rings. The molecule has 1 rings (SSSR count). The predicted octanol–water partition coefficient (Wildman–Crippen LogP) is 2.49. The molecule has 0 saturated carbocycles. The van der Waals surface area contributed by atoms with Crippen molar-refractivity contribution >= 4 is 17.4 Å². The van der Waals surface area contributed by atoms with Gasteiger partial charge < -0.3 is 4.74 Å². The molecule has 0 aliphatic carbocycles. The van der Waals surface area contributed by atoms with Gasteiger partial charge in [0.2, 0.25) is 5.78 Å². The van der Waals surface area contributed by atoms with Crippen LogP contribution in [0.3, 0.4) is 0 Å². The Labute approximate surface area is 125 Å². The van der Waals surface area contributed by atoms with Gasteiger partial charge in [-0.2, -0.15) is 5.10 Å². The number of likely N-dealkylation sites (N-methyl/N-ethyl adjacent to an activating group) is 1. The summed E-state index contributed by atoms with van der Waals surface area (Å²) in [4.78, 5) is 15.0. The molecule has 0 unspecified atom stereocenters. The fourth-order valence-electron chi connectivity index (χ4n) is 2.38. The molecule has 0 fully saturated rings. The molecule has 0 atom stereocenters. The third-order valence-corrected chi connectivity index (χ3v) is 3.90. The average Bonchev–Trinajstić information content (AvgIpc) is 2.77. The Morgan fingerprint density at radius 1 is 1.45 bits per heavy atom. The Balaban J connectivity index is 3.10. The summed E-state index contributed by atoms with van der Waals surface area (Å²) in [6, 6.07) is 0. The number of hydrogen-bond donors (Lipinski definition) is 0. The molecule has 0 aromatic carbocycles. The summed E-state index contributed by atoms with van der Waals surface area (Å²) < 4.78 is 6.66. The predicted molar refractivity (Wildman–Crippen MR) is 80.4 cm³/mol. The fraction of sp³-hybridized carbons (Fsp3) is 0.714. The molecular weight excluding hydrogens is 278 g/mol. The van der Waals surface area contributed by atoms with Crippen molar-refractivity contribution in [2.45, 2.75) is 39.8 Å². The minimum atomic E-state index is -0.613. The van der Waals surface area contributed by atoms with Crippen LogP contribution >= 0.6 is 11.6 Å². The number of hydrogen-bond acceptors (Lipinski definition) is 4. The smallest absolute Gasteiger partial charge is 0.201 e. The van der Waals surface area contributed by atoms with E-state index in [0.29, 0.717) is 23.9 Å². The number of ether oxygens (including phenoxy) is 1. The van der Waals surface area contributed by atoms with Gasteiger partial charge in [-0.1, -0.05) is 25.4 Å². The van der Waals surface area contributed by atoms with Gasteiger partial charge in [-0.3, -0.25) is 14.4 Å². The molecular formula is C14H24ClN3O2. The quantitative estimate of drug-likeness (QED) is 0.692. The van der Waals surface area contributed by atoms with Crippen molar-refractivity contribution in [1.29, 1.82) is 0 Å². The minimum absolute atomic E-state index is 0.0141. The van der Waals surface area contributed by atoms with Crippen LogP contribution in [-0.2, 0) is 11.3 Å². The zero-order valence-corrected chi connectivity index (χ0v) is 13.7. The Kier molecular flexibility index (Phi) is 6.17. The van der Waals surface area contributed by atoms with Crippen LogP contribution in [0.25, 0.3) is 0 Å². The van der Waals surface area contributed by atoms with Crippen molar-refractivity contribution in [1.82, 2.24) is 14.7 Å². The lowest BCUT2D eigenvalue weighted by molar-refractivity contribution is 0.0654. The molecule has 0 amide bonds. The van der Waals surface area contributed by atoms with Crippen LogP contribution in [0.5, 0.6) is 0 Å². The first kappa shape index (κ1) is 17.1. The highest BCUT2D eigenvalue weighted by Crippen LogP contribution is 2.25. The summed E-state index contributed by atoms with van der Waals surface area (Å²) in [6.07, 6.45) is 1.52. The van der Waals surface area contributed by atoms with E-state index >= 15 is 0 Å². The number of ketones is 1. The maximum Gasteiger partial charge on any atom is 0.201 e. The SMILES string of the molecule is CCN(CC)C(C)(C)C(=O)c1c(Cl)cnn1CCOC. The molecule has 0 bridgehead atoms. The van der Waals surface area contributed by atoms with Gasteiger partial charge in [-0.25, -0.2) is 0 Å². The second kappa shape index (κ2) is 7.20. The first-order valence-electron chi connectivity index (χ1n) is 6.90. The van der Waals surface area contributed by atoms with Gasteiger partial charge in [-0.05, 0) is 26.9 Å². The van der Waals surface area contributed by atoms with Gasteiger partial charge in [0, 0.05) is 7.11 Å². The monoisotopic (exact) mass is 301 g/mol. The number of methoxy groups -OCH3 is 1. The van der Waals surface area contributed by atoms with Crippen molar-refractivity contribution in [3.63, 3.8) is 0 Å². The van der Waals surface area contributed by atoms with E-state index in [1.165, 1.54) is 6.20 Å². The third kappa shape index (κ3) is 3.40. The minimum Gasteiger partial charge on any atom is -0.383 e. The summed E-state index contributed by atoms with van der Waals surface area (Å²) in [5, 5.41) is 4.56. The molecule has 0 aliphatic heterocycles. The molecule has 20 heavy (non-hydrogen) atoms. The van der Waals surface area contributed by atoms with Crippen molar-refractivity contribution in [3.8, 4) is 0 Å². The maximum atomic E-state index is 12.9. The number of Topliss-reactive ketones (excluding diaryl/α,β-unsaturated/α-hetero) is 1. The molecule has 0 spiro atoms. The normalized spacial score (nSPS) is 12.2. The molecule has 0 radical (unpaired) electrons. The fourth-order valence-corrected chi connectivity index (χ4v) is 2.61. The summed E-state index contributed by atoms with van der Waals surface area (Å²) >= 11 is 6.15. The number of carbonyl (C=O) groups is 1. The van der Waals surface area contributed by atoms with E-state index in [4.69, 9.17) is 16.3 Å². The maximum absolute atomic E-state index is 12.9. The van der Waals surface area contributed by atoms with Crippen LogP contribution in [-0.4, -0.2) is 52.8 Å². The van der Waals surface area contributed by atoms with Crippen LogP contribution in [0.1, 0.15) is 38.2 Å². The number of rotatable bonds is 8. The number of aromatic nitrogens is 2. The first-order chi connectivity index (χ1) is 9.39. The lowest BCUT2D eigenvalue weighted by atomic mass is 9.94. The van der Waals surface area contributed by atoms with Gasteiger partial charge in [-0.15, -0.1) is 0 Å². The van der Waals surface area contributed by atoms with Gasteiger partial charge in [0.25, 0.3) is 0 Å². The molecule has 1 heterocycles. The third-order valence-electron chi connectivity index (χ3n) is 3.63. The van der Waals surface area contributed by atoms with Crippen molar-refractivity contribution < 1.29 is 9.53 Å². The van der Waals surface area contributed by atoms with Gasteiger partial charge in [0.1, 0.15) is 5.69 Å². The van der Waals surface area contributed by atoms with Crippen molar-refractivity contribution in [3.05, 3.63) is 16.9 Å². The number of halogens is 1. The standard InChI is InChI=1S/C14H24ClN3O2/c1-6-17(7-2)14(3,4)13(19)12-11(15)10-16-18(12)8-9-20-5/h10H,6-9H2,1-5H3. The summed E-state index contributed by atoms with van der Waals surface area (Å²) in [7, 11) is 1.62. The molecule has 0 N–H and O–H groups in total. The lowest BCUT2D eigenvalue weighted by Crippen LogP contribution is -2.50. The van der Waals surface area contributed by atoms with E-state index in [0.717, 1.165) is 13.1 Å². The molecule has 0 saturated heterocycles. The van der Waals surface area contributed by atoms with E-state index in [1.54, 1.807) is 11.8 Å². The molecule has 6 heteroatoms. The van der Waals surface area contributed by atoms with Crippen LogP contribution in [0.15, 0.2) is 6.20 Å². The second-order valence-corrected chi connectivity index (χ2v) is 5.52. The van der Waals surface area contributed by atoms with E-state index in [1.807, 2.05) is 27.7 Å². The van der Waals surface area contributed by atoms with E-state index in [9.17, 15) is 4.79 Å². The summed E-state index contributed by atoms with van der Waals surface area (Å²) in [5.74, 6) is -0.0141. The van der Waals surface area contributed by atoms with E-state index in [-0.39, 0.29) is 5.78 Å². The average molecular weight is 302 g/mol. The Morgan fingerprint density at radius 2 is 2.05 bits per heavy atom. The second-order valence-electron chi connectivity index (χ2n) is 5.12. The summed E-state index contributed by atoms with van der Waals surface area (Å²) in [6.45, 7) is 10.5. The molecule has 0 aliphatic rings. The van der Waals surface area contributed by atoms with Gasteiger partial charge >= 0.3 is 0 Å². The van der Waals surface area contributed by atoms with Crippen molar-refractivity contribution in [2.24, 2.45) is 0 Å². The largest absolute Gasteiger partial charge is 0.383 e. The number of carbonyl (C=O) groups excluding carboxylic acids is 1. The van der Waals surface area contributed by atoms with Crippen LogP contribution in [0, 0.1) is 0 Å². The molecule has 1 aromatic heterocycles. The van der Waals surface area contributed by atoms with Gasteiger partial charge in [0.05, 0.1) is 29.9 Å². The number of nitrogens with zero attached hydrogens (tertiary/aromatic N) is 3. The highest BCUT2D eigenvalue weighted by atomic mass is 35.5. The Hall–Kier alpha value is -0.910. The summed E-state index contributed by atoms with van der Waals surface area (Å²) in [5.41, 5.74) is -0.154. The zero-order valence-electron chi connectivity index (χ0n) is 12.9. The van der Waals surface area contributed by atoms with E-state index < -0.39 is 5.54 Å². The van der Waals surface area contributed by atoms with Crippen LogP contribution in [0.2, 0.25) is 5.02 Å².